The molecule has 174 valence electrons. The average molecular weight is 481 g/mol. The van der Waals surface area contributed by atoms with Gasteiger partial charge in [-0.15, -0.1) is 11.8 Å². The maximum atomic E-state index is 13.3. The molecule has 5 N–H and O–H groups in total. The zero-order valence-electron chi connectivity index (χ0n) is 17.7. The summed E-state index contributed by atoms with van der Waals surface area (Å²) >= 11 is 5.32. The number of thiol groups is 1. The molecule has 3 atom stereocenters. The third-order valence-electron chi connectivity index (χ3n) is 5.00. The zero-order valence-corrected chi connectivity index (χ0v) is 19.4. The molecule has 0 spiro atoms. The molecule has 1 saturated heterocycles. The molecule has 1 aromatic rings. The number of primary amides is 1. The fraction of sp³-hybridized carbons (Fsp3) is 0.429. The third-order valence-corrected chi connectivity index (χ3v) is 5.72. The summed E-state index contributed by atoms with van der Waals surface area (Å²) in [6, 6.07) is 3.64. The molecule has 1 fully saturated rings. The maximum absolute atomic E-state index is 13.3. The van der Waals surface area contributed by atoms with Crippen molar-refractivity contribution in [3.63, 3.8) is 0 Å². The highest BCUT2D eigenvalue weighted by Crippen LogP contribution is 2.20. The Balaban J connectivity index is 2.18. The molecule has 1 aliphatic heterocycles. The first kappa shape index (κ1) is 25.6. The number of phenolic OH excluding ortho intramolecular Hbond substituents is 1. The topological polar surface area (TPSA) is 142 Å². The number of likely N-dealkylation sites (tertiary alicyclic amines) is 1. The number of nitrogens with zero attached hydrogens (tertiary/aromatic N) is 1. The van der Waals surface area contributed by atoms with Gasteiger partial charge in [-0.2, -0.15) is 12.6 Å². The van der Waals surface area contributed by atoms with E-state index in [0.29, 0.717) is 19.4 Å². The minimum absolute atomic E-state index is 0.0897. The molecule has 32 heavy (non-hydrogen) atoms. The summed E-state index contributed by atoms with van der Waals surface area (Å²) in [5, 5.41) is 16.4. The Morgan fingerprint density at radius 3 is 2.56 bits per heavy atom. The summed E-state index contributed by atoms with van der Waals surface area (Å²) in [7, 11) is 0. The number of carbonyl (C=O) groups excluding carboxylic acids is 4. The standard InChI is InChI=1S/C21H28N4O5S2/c1-32-10-8-15(19(22)28)24-20(29)17-3-2-9-25(17)21(30)16(23-18(27)12-31)11-13-4-6-14(26)7-5-13/h4-8,10,15-17,26,31H,2-3,9,11-12H2,1H3,(H2,22,28)(H,23,27)(H,24,29)/b10-8+/t15-,16-,17-/m0/s1. The van der Waals surface area contributed by atoms with Gasteiger partial charge >= 0.3 is 0 Å². The Hall–Kier alpha value is -2.66. The molecule has 0 radical (unpaired) electrons. The molecular formula is C21H28N4O5S2. The predicted molar refractivity (Wildman–Crippen MR) is 126 cm³/mol. The molecule has 0 bridgehead atoms. The highest BCUT2D eigenvalue weighted by Gasteiger charge is 2.38. The number of amides is 4. The van der Waals surface area contributed by atoms with Crippen LogP contribution in [-0.2, 0) is 25.6 Å². The fourth-order valence-corrected chi connectivity index (χ4v) is 3.84. The SMILES string of the molecule is CS/C=C/[C@H](NC(=O)[C@@H]1CCCN1C(=O)[C@H](Cc1ccc(O)cc1)NC(=O)CS)C(N)=O. The van der Waals surface area contributed by atoms with Gasteiger partial charge in [0.2, 0.25) is 23.6 Å². The summed E-state index contributed by atoms with van der Waals surface area (Å²) in [5.74, 6) is -2.00. The predicted octanol–water partition coefficient (Wildman–Crippen LogP) is 0.187. The number of nitrogens with one attached hydrogen (secondary N) is 2. The van der Waals surface area contributed by atoms with E-state index in [1.54, 1.807) is 23.8 Å². The highest BCUT2D eigenvalue weighted by atomic mass is 32.2. The van der Waals surface area contributed by atoms with E-state index in [2.05, 4.69) is 23.3 Å². The van der Waals surface area contributed by atoms with Crippen molar-refractivity contribution in [2.45, 2.75) is 37.4 Å². The van der Waals surface area contributed by atoms with Crippen LogP contribution in [0.15, 0.2) is 35.7 Å². The molecule has 0 saturated carbocycles. The second-order valence-electron chi connectivity index (χ2n) is 7.29. The lowest BCUT2D eigenvalue weighted by Crippen LogP contribution is -2.56. The van der Waals surface area contributed by atoms with Crippen molar-refractivity contribution in [1.29, 1.82) is 0 Å². The molecule has 1 aliphatic rings. The van der Waals surface area contributed by atoms with Crippen molar-refractivity contribution < 1.29 is 24.3 Å². The summed E-state index contributed by atoms with van der Waals surface area (Å²) < 4.78 is 0. The Bertz CT molecular complexity index is 862. The van der Waals surface area contributed by atoms with Crippen LogP contribution in [0.3, 0.4) is 0 Å². The molecule has 11 heteroatoms. The van der Waals surface area contributed by atoms with Crippen LogP contribution in [0, 0.1) is 0 Å². The van der Waals surface area contributed by atoms with E-state index >= 15 is 0 Å². The normalized spacial score (nSPS) is 17.7. The number of hydrogen-bond acceptors (Lipinski definition) is 7. The molecule has 1 aromatic carbocycles. The number of carbonyl (C=O) groups is 4. The molecule has 4 amide bonds. The van der Waals surface area contributed by atoms with Crippen molar-refractivity contribution in [3.8, 4) is 5.75 Å². The Labute approximate surface area is 196 Å². The van der Waals surface area contributed by atoms with Crippen LogP contribution in [-0.4, -0.2) is 70.3 Å². The fourth-order valence-electron chi connectivity index (χ4n) is 3.43. The van der Waals surface area contributed by atoms with Crippen LogP contribution in [0.1, 0.15) is 18.4 Å². The number of phenols is 1. The Morgan fingerprint density at radius 1 is 1.28 bits per heavy atom. The first-order valence-corrected chi connectivity index (χ1v) is 12.0. The lowest BCUT2D eigenvalue weighted by atomic mass is 10.0. The third kappa shape index (κ3) is 7.20. The van der Waals surface area contributed by atoms with E-state index in [0.717, 1.165) is 5.56 Å². The molecule has 0 aromatic heterocycles. The van der Waals surface area contributed by atoms with Gasteiger partial charge in [-0.1, -0.05) is 12.1 Å². The first-order chi connectivity index (χ1) is 15.3. The maximum Gasteiger partial charge on any atom is 0.246 e. The van der Waals surface area contributed by atoms with Crippen LogP contribution >= 0.6 is 24.4 Å². The molecule has 1 heterocycles. The van der Waals surface area contributed by atoms with E-state index < -0.39 is 41.8 Å². The second-order valence-corrected chi connectivity index (χ2v) is 8.35. The molecule has 9 nitrogen and oxygen atoms in total. The van der Waals surface area contributed by atoms with Crippen LogP contribution in [0.4, 0.5) is 0 Å². The van der Waals surface area contributed by atoms with Gasteiger partial charge in [-0.05, 0) is 48.3 Å². The van der Waals surface area contributed by atoms with Crippen LogP contribution in [0.25, 0.3) is 0 Å². The van der Waals surface area contributed by atoms with Gasteiger partial charge < -0.3 is 26.4 Å². The summed E-state index contributed by atoms with van der Waals surface area (Å²) in [5.41, 5.74) is 6.10. The van der Waals surface area contributed by atoms with Crippen molar-refractivity contribution in [3.05, 3.63) is 41.3 Å². The van der Waals surface area contributed by atoms with E-state index in [1.165, 1.54) is 34.9 Å². The highest BCUT2D eigenvalue weighted by molar-refractivity contribution is 8.01. The van der Waals surface area contributed by atoms with Crippen molar-refractivity contribution in [1.82, 2.24) is 15.5 Å². The van der Waals surface area contributed by atoms with Gasteiger partial charge in [-0.25, -0.2) is 0 Å². The van der Waals surface area contributed by atoms with Gasteiger partial charge in [-0.3, -0.25) is 19.2 Å². The van der Waals surface area contributed by atoms with Gasteiger partial charge in [0.05, 0.1) is 5.75 Å². The Morgan fingerprint density at radius 2 is 1.97 bits per heavy atom. The first-order valence-electron chi connectivity index (χ1n) is 10.0. The molecule has 0 unspecified atom stereocenters. The largest absolute Gasteiger partial charge is 0.508 e. The van der Waals surface area contributed by atoms with E-state index in [4.69, 9.17) is 5.73 Å². The van der Waals surface area contributed by atoms with Gasteiger partial charge in [0, 0.05) is 13.0 Å². The summed E-state index contributed by atoms with van der Waals surface area (Å²) in [4.78, 5) is 51.2. The zero-order chi connectivity index (χ0) is 23.7. The number of thioether (sulfide) groups is 1. The lowest BCUT2D eigenvalue weighted by Gasteiger charge is -2.29. The van der Waals surface area contributed by atoms with Gasteiger partial charge in [0.15, 0.2) is 0 Å². The molecule has 2 rings (SSSR count). The number of nitrogens with two attached hydrogens (primary N) is 1. The van der Waals surface area contributed by atoms with Crippen molar-refractivity contribution in [2.75, 3.05) is 18.6 Å². The smallest absolute Gasteiger partial charge is 0.246 e. The lowest BCUT2D eigenvalue weighted by molar-refractivity contribution is -0.141. The van der Waals surface area contributed by atoms with Crippen molar-refractivity contribution >= 4 is 48.0 Å². The minimum Gasteiger partial charge on any atom is -0.508 e. The van der Waals surface area contributed by atoms with E-state index in [-0.39, 0.29) is 17.9 Å². The minimum atomic E-state index is -0.982. The number of benzene rings is 1. The second kappa shape index (κ2) is 12.4. The summed E-state index contributed by atoms with van der Waals surface area (Å²) in [6.45, 7) is 0.349. The molecule has 0 aliphatic carbocycles. The van der Waals surface area contributed by atoms with Gasteiger partial charge in [0.1, 0.15) is 23.9 Å². The van der Waals surface area contributed by atoms with Crippen molar-refractivity contribution in [2.24, 2.45) is 5.73 Å². The van der Waals surface area contributed by atoms with Gasteiger partial charge in [0.25, 0.3) is 0 Å². The van der Waals surface area contributed by atoms with E-state index in [1.807, 2.05) is 0 Å². The molecular weight excluding hydrogens is 452 g/mol. The quantitative estimate of drug-likeness (QED) is 0.303. The van der Waals surface area contributed by atoms with Crippen LogP contribution < -0.4 is 16.4 Å². The number of hydrogen-bond donors (Lipinski definition) is 5. The summed E-state index contributed by atoms with van der Waals surface area (Å²) in [6.07, 6.45) is 4.53. The van der Waals surface area contributed by atoms with Crippen LogP contribution in [0.2, 0.25) is 0 Å². The monoisotopic (exact) mass is 480 g/mol. The number of rotatable bonds is 10. The number of aromatic hydroxyl groups is 1. The van der Waals surface area contributed by atoms with E-state index in [9.17, 15) is 24.3 Å². The average Bonchev–Trinajstić information content (AvgIpc) is 3.26. The Kier molecular flexibility index (Phi) is 9.92. The van der Waals surface area contributed by atoms with Crippen LogP contribution in [0.5, 0.6) is 5.75 Å².